The number of rotatable bonds is 3. The predicted molar refractivity (Wildman–Crippen MR) is 130 cm³/mol. The lowest BCUT2D eigenvalue weighted by Gasteiger charge is -2.42. The molecule has 0 bridgehead atoms. The maximum Gasteiger partial charge on any atom is 0.322 e. The second-order valence-corrected chi connectivity index (χ2v) is 8.11. The zero-order valence-corrected chi connectivity index (χ0v) is 19.1. The lowest BCUT2D eigenvalue weighted by atomic mass is 10.0. The van der Waals surface area contributed by atoms with Gasteiger partial charge in [0.05, 0.1) is 11.7 Å². The maximum atomic E-state index is 13.6. The van der Waals surface area contributed by atoms with Crippen LogP contribution in [0, 0.1) is 30.0 Å². The molecule has 0 aliphatic carbocycles. The van der Waals surface area contributed by atoms with Crippen LogP contribution < -0.4 is 10.6 Å². The Hall–Kier alpha value is -4.45. The van der Waals surface area contributed by atoms with Crippen molar-refractivity contribution in [3.63, 3.8) is 0 Å². The van der Waals surface area contributed by atoms with E-state index in [9.17, 15) is 18.8 Å². The molecule has 9 heteroatoms. The largest absolute Gasteiger partial charge is 0.338 e. The Labute approximate surface area is 202 Å². The molecule has 178 valence electrons. The molecule has 3 aromatic rings. The number of benzene rings is 3. The number of piperazine rings is 1. The van der Waals surface area contributed by atoms with E-state index >= 15 is 0 Å². The van der Waals surface area contributed by atoms with Crippen molar-refractivity contribution in [2.75, 3.05) is 25.0 Å². The van der Waals surface area contributed by atoms with Crippen molar-refractivity contribution in [3.05, 3.63) is 95.6 Å². The van der Waals surface area contributed by atoms with Crippen molar-refractivity contribution in [2.45, 2.75) is 13.0 Å². The van der Waals surface area contributed by atoms with E-state index < -0.39 is 17.9 Å². The molecule has 0 aromatic heterocycles. The molecular weight excluding hydrogens is 450 g/mol. The molecule has 0 saturated carbocycles. The number of hydrogen-bond acceptors (Lipinski definition) is 3. The van der Waals surface area contributed by atoms with Gasteiger partial charge in [-0.3, -0.25) is 5.32 Å². The van der Waals surface area contributed by atoms with Gasteiger partial charge in [-0.05, 0) is 54.4 Å². The van der Waals surface area contributed by atoms with Gasteiger partial charge < -0.3 is 15.1 Å². The minimum Gasteiger partial charge on any atom is -0.338 e. The van der Waals surface area contributed by atoms with E-state index in [2.05, 4.69) is 15.6 Å². The summed E-state index contributed by atoms with van der Waals surface area (Å²) in [5.74, 6) is -0.480. The fourth-order valence-electron chi connectivity index (χ4n) is 3.98. The zero-order valence-electron chi connectivity index (χ0n) is 19.1. The van der Waals surface area contributed by atoms with Gasteiger partial charge in [-0.25, -0.2) is 18.6 Å². The van der Waals surface area contributed by atoms with Crippen LogP contribution in [0.15, 0.2) is 77.8 Å². The van der Waals surface area contributed by atoms with Crippen LogP contribution in [0.2, 0.25) is 0 Å². The first-order chi connectivity index (χ1) is 16.9. The molecule has 1 atom stereocenters. The predicted octanol–water partition coefficient (Wildman–Crippen LogP) is 4.92. The molecule has 4 rings (SSSR count). The van der Waals surface area contributed by atoms with E-state index in [4.69, 9.17) is 0 Å². The van der Waals surface area contributed by atoms with Gasteiger partial charge in [0.2, 0.25) is 5.96 Å². The van der Waals surface area contributed by atoms with Crippen molar-refractivity contribution >= 4 is 23.4 Å². The van der Waals surface area contributed by atoms with Crippen LogP contribution in [-0.2, 0) is 0 Å². The number of halogens is 2. The summed E-state index contributed by atoms with van der Waals surface area (Å²) in [6.07, 6.45) is 1.94. The summed E-state index contributed by atoms with van der Waals surface area (Å²) in [5.41, 5.74) is 2.73. The van der Waals surface area contributed by atoms with Crippen LogP contribution >= 0.6 is 0 Å². The first-order valence-electron chi connectivity index (χ1n) is 11.1. The number of carbonyl (C=O) groups is 1. The van der Waals surface area contributed by atoms with Crippen molar-refractivity contribution in [1.82, 2.24) is 15.1 Å². The Bertz CT molecular complexity index is 1270. The second-order valence-electron chi connectivity index (χ2n) is 8.11. The van der Waals surface area contributed by atoms with Crippen LogP contribution in [-0.4, -0.2) is 41.4 Å². The van der Waals surface area contributed by atoms with Gasteiger partial charge in [-0.1, -0.05) is 36.4 Å². The van der Waals surface area contributed by atoms with Gasteiger partial charge in [-0.15, -0.1) is 0 Å². The number of anilines is 1. The molecule has 7 nitrogen and oxygen atoms in total. The Morgan fingerprint density at radius 1 is 1.03 bits per heavy atom. The van der Waals surface area contributed by atoms with Gasteiger partial charge in [0, 0.05) is 25.3 Å². The van der Waals surface area contributed by atoms with E-state index in [-0.39, 0.29) is 5.82 Å². The number of para-hydroxylation sites is 1. The van der Waals surface area contributed by atoms with Crippen LogP contribution in [0.5, 0.6) is 0 Å². The maximum absolute atomic E-state index is 13.6. The average Bonchev–Trinajstić information content (AvgIpc) is 2.85. The van der Waals surface area contributed by atoms with Crippen molar-refractivity contribution in [3.8, 4) is 6.19 Å². The minimum atomic E-state index is -0.472. The first kappa shape index (κ1) is 23.7. The van der Waals surface area contributed by atoms with Crippen LogP contribution in [0.1, 0.15) is 17.2 Å². The summed E-state index contributed by atoms with van der Waals surface area (Å²) in [5, 5.41) is 14.7. The number of amides is 2. The molecule has 2 amide bonds. The summed E-state index contributed by atoms with van der Waals surface area (Å²) in [6, 6.07) is 18.3. The van der Waals surface area contributed by atoms with Gasteiger partial charge >= 0.3 is 6.03 Å². The summed E-state index contributed by atoms with van der Waals surface area (Å²) in [7, 11) is 0. The highest BCUT2D eigenvalue weighted by Gasteiger charge is 2.33. The lowest BCUT2D eigenvalue weighted by molar-refractivity contribution is 0.135. The minimum absolute atomic E-state index is 0.295. The highest BCUT2D eigenvalue weighted by atomic mass is 19.1. The smallest absolute Gasteiger partial charge is 0.322 e. The molecule has 1 unspecified atom stereocenters. The third-order valence-electron chi connectivity index (χ3n) is 5.78. The van der Waals surface area contributed by atoms with Gasteiger partial charge in [0.15, 0.2) is 6.19 Å². The number of aliphatic imine (C=N–C) groups is 1. The van der Waals surface area contributed by atoms with Crippen LogP contribution in [0.25, 0.3) is 0 Å². The number of aryl methyl sites for hydroxylation is 1. The third-order valence-corrected chi connectivity index (χ3v) is 5.78. The fourth-order valence-corrected chi connectivity index (χ4v) is 3.98. The van der Waals surface area contributed by atoms with Crippen LogP contribution in [0.3, 0.4) is 0 Å². The second kappa shape index (κ2) is 10.7. The van der Waals surface area contributed by atoms with Gasteiger partial charge in [0.1, 0.15) is 11.6 Å². The average molecular weight is 475 g/mol. The van der Waals surface area contributed by atoms with Crippen molar-refractivity contribution in [1.29, 1.82) is 5.26 Å². The quantitative estimate of drug-likeness (QED) is 0.244. The number of nitrogens with one attached hydrogen (secondary N) is 2. The molecule has 1 aliphatic rings. The summed E-state index contributed by atoms with van der Waals surface area (Å²) < 4.78 is 27.2. The first-order valence-corrected chi connectivity index (χ1v) is 11.1. The van der Waals surface area contributed by atoms with Gasteiger partial charge in [-0.2, -0.15) is 5.26 Å². The molecule has 1 aliphatic heterocycles. The topological polar surface area (TPSA) is 83.8 Å². The highest BCUT2D eigenvalue weighted by molar-refractivity contribution is 5.90. The molecule has 1 heterocycles. The normalized spacial score (nSPS) is 15.9. The SMILES string of the molecule is Cc1ccccc1N=C(NC#N)N1CCN(C(=O)Nc2cccc(F)c2)C(c2ccc(F)cc2)C1. The highest BCUT2D eigenvalue weighted by Crippen LogP contribution is 2.28. The summed E-state index contributed by atoms with van der Waals surface area (Å²) >= 11 is 0. The number of guanidine groups is 1. The molecule has 3 aromatic carbocycles. The molecule has 1 saturated heterocycles. The van der Waals surface area contributed by atoms with Crippen LogP contribution in [0.4, 0.5) is 25.0 Å². The molecule has 0 radical (unpaired) electrons. The van der Waals surface area contributed by atoms with E-state index in [1.807, 2.05) is 42.3 Å². The Morgan fingerprint density at radius 2 is 1.80 bits per heavy atom. The van der Waals surface area contributed by atoms with E-state index in [1.54, 1.807) is 23.1 Å². The number of nitrogens with zero attached hydrogens (tertiary/aromatic N) is 4. The molecular formula is C26H24F2N6O. The Kier molecular flexibility index (Phi) is 7.21. The fraction of sp³-hybridized carbons (Fsp3) is 0.192. The van der Waals surface area contributed by atoms with Crippen molar-refractivity contribution < 1.29 is 13.6 Å². The molecule has 0 spiro atoms. The standard InChI is InChI=1S/C26H24F2N6O/c1-18-5-2-3-8-23(18)32-25(30-17-29)33-13-14-34(24(16-33)19-9-11-20(27)12-10-19)26(35)31-22-7-4-6-21(28)15-22/h2-12,15,24H,13-14,16H2,1H3,(H,30,32)(H,31,35). The van der Waals surface area contributed by atoms with E-state index in [1.165, 1.54) is 30.3 Å². The van der Waals surface area contributed by atoms with Gasteiger partial charge in [0.25, 0.3) is 0 Å². The van der Waals surface area contributed by atoms with E-state index in [0.717, 1.165) is 16.8 Å². The number of nitriles is 1. The molecule has 35 heavy (non-hydrogen) atoms. The summed E-state index contributed by atoms with van der Waals surface area (Å²) in [6.45, 7) is 2.93. The number of carbonyl (C=O) groups excluding carboxylic acids is 1. The monoisotopic (exact) mass is 474 g/mol. The molecule has 1 fully saturated rings. The molecule has 2 N–H and O–H groups in total. The Balaban J connectivity index is 1.63. The number of urea groups is 1. The van der Waals surface area contributed by atoms with E-state index in [0.29, 0.717) is 31.3 Å². The Morgan fingerprint density at radius 3 is 2.51 bits per heavy atom. The lowest BCUT2D eigenvalue weighted by Crippen LogP contribution is -2.55. The zero-order chi connectivity index (χ0) is 24.8. The number of hydrogen-bond donors (Lipinski definition) is 2. The summed E-state index contributed by atoms with van der Waals surface area (Å²) in [4.78, 5) is 21.3. The van der Waals surface area contributed by atoms with Crippen molar-refractivity contribution in [2.24, 2.45) is 4.99 Å². The third kappa shape index (κ3) is 5.73.